The molecular weight excluding hydrogens is 268 g/mol. The van der Waals surface area contributed by atoms with Gasteiger partial charge < -0.3 is 10.6 Å². The van der Waals surface area contributed by atoms with E-state index in [-0.39, 0.29) is 0 Å². The van der Waals surface area contributed by atoms with Crippen LogP contribution in [0.2, 0.25) is 0 Å². The number of nitrogens with zero attached hydrogens (tertiary/aromatic N) is 3. The number of hydrogen-bond acceptors (Lipinski definition) is 4. The van der Waals surface area contributed by atoms with Gasteiger partial charge in [0, 0.05) is 18.7 Å². The molecule has 1 aromatic rings. The molecule has 0 amide bonds. The Bertz CT molecular complexity index is 356. The van der Waals surface area contributed by atoms with Crippen LogP contribution in [0.25, 0.3) is 0 Å². The molecule has 1 aromatic heterocycles. The van der Waals surface area contributed by atoms with Gasteiger partial charge in [0.05, 0.1) is 0 Å². The Labute approximate surface area is 104 Å². The lowest BCUT2D eigenvalue weighted by Gasteiger charge is -2.26. The molecule has 1 aliphatic rings. The molecule has 2 N–H and O–H groups in total. The van der Waals surface area contributed by atoms with Crippen LogP contribution in [0.15, 0.2) is 10.7 Å². The number of nitrogens with two attached hydrogens (primary N) is 1. The minimum absolute atomic E-state index is 0.397. The molecule has 1 saturated carbocycles. The SMILES string of the molecule is CC(C)N(CC1CC1)c1nc(N)cc(Br)n1. The first kappa shape index (κ1) is 11.6. The zero-order valence-electron chi connectivity index (χ0n) is 9.65. The average Bonchev–Trinajstić information content (AvgIpc) is 2.95. The van der Waals surface area contributed by atoms with E-state index in [4.69, 9.17) is 5.73 Å². The van der Waals surface area contributed by atoms with E-state index in [0.717, 1.165) is 23.0 Å². The maximum Gasteiger partial charge on any atom is 0.228 e. The lowest BCUT2D eigenvalue weighted by atomic mass is 10.3. The largest absolute Gasteiger partial charge is 0.383 e. The number of halogens is 1. The third-order valence-electron chi connectivity index (χ3n) is 2.73. The van der Waals surface area contributed by atoms with Gasteiger partial charge in [-0.05, 0) is 48.5 Å². The monoisotopic (exact) mass is 284 g/mol. The first-order chi connectivity index (χ1) is 7.56. The molecule has 0 spiro atoms. The van der Waals surface area contributed by atoms with Gasteiger partial charge in [-0.15, -0.1) is 0 Å². The zero-order valence-corrected chi connectivity index (χ0v) is 11.2. The zero-order chi connectivity index (χ0) is 11.7. The number of aromatic nitrogens is 2. The molecule has 0 aromatic carbocycles. The maximum absolute atomic E-state index is 5.74. The van der Waals surface area contributed by atoms with Gasteiger partial charge in [-0.3, -0.25) is 0 Å². The fourth-order valence-electron chi connectivity index (χ4n) is 1.65. The lowest BCUT2D eigenvalue weighted by Crippen LogP contribution is -2.34. The first-order valence-corrected chi connectivity index (χ1v) is 6.42. The topological polar surface area (TPSA) is 55.0 Å². The molecule has 1 fully saturated rings. The second kappa shape index (κ2) is 4.57. The summed E-state index contributed by atoms with van der Waals surface area (Å²) in [5.74, 6) is 2.05. The summed E-state index contributed by atoms with van der Waals surface area (Å²) in [6.07, 6.45) is 2.65. The van der Waals surface area contributed by atoms with Gasteiger partial charge in [0.1, 0.15) is 10.4 Å². The fourth-order valence-corrected chi connectivity index (χ4v) is 2.05. The summed E-state index contributed by atoms with van der Waals surface area (Å²) in [4.78, 5) is 10.9. The minimum Gasteiger partial charge on any atom is -0.383 e. The van der Waals surface area contributed by atoms with Crippen molar-refractivity contribution in [2.45, 2.75) is 32.7 Å². The molecular formula is C11H17BrN4. The molecule has 0 unspecified atom stereocenters. The van der Waals surface area contributed by atoms with Crippen molar-refractivity contribution in [3.05, 3.63) is 10.7 Å². The third-order valence-corrected chi connectivity index (χ3v) is 3.14. The summed E-state index contributed by atoms with van der Waals surface area (Å²) in [5.41, 5.74) is 5.74. The highest BCUT2D eigenvalue weighted by Crippen LogP contribution is 2.31. The maximum atomic E-state index is 5.74. The Morgan fingerprint density at radius 2 is 2.19 bits per heavy atom. The predicted molar refractivity (Wildman–Crippen MR) is 69.4 cm³/mol. The van der Waals surface area contributed by atoms with E-state index in [1.54, 1.807) is 6.07 Å². The standard InChI is InChI=1S/C11H17BrN4/c1-7(2)16(6-8-3-4-8)11-14-9(12)5-10(13)15-11/h5,7-8H,3-4,6H2,1-2H3,(H2,13,14,15). The summed E-state index contributed by atoms with van der Waals surface area (Å²) < 4.78 is 0.747. The Balaban J connectivity index is 2.22. The lowest BCUT2D eigenvalue weighted by molar-refractivity contribution is 0.627. The predicted octanol–water partition coefficient (Wildman–Crippen LogP) is 2.45. The fraction of sp³-hybridized carbons (Fsp3) is 0.636. The summed E-state index contributed by atoms with van der Waals surface area (Å²) >= 11 is 3.35. The average molecular weight is 285 g/mol. The van der Waals surface area contributed by atoms with Gasteiger partial charge in [-0.1, -0.05) is 0 Å². The Morgan fingerprint density at radius 1 is 1.50 bits per heavy atom. The van der Waals surface area contributed by atoms with Crippen molar-refractivity contribution >= 4 is 27.7 Å². The van der Waals surface area contributed by atoms with Crippen molar-refractivity contribution in [2.75, 3.05) is 17.2 Å². The van der Waals surface area contributed by atoms with Crippen LogP contribution in [-0.2, 0) is 0 Å². The van der Waals surface area contributed by atoms with Crippen LogP contribution in [0.3, 0.4) is 0 Å². The summed E-state index contributed by atoms with van der Waals surface area (Å²) in [6.45, 7) is 5.35. The van der Waals surface area contributed by atoms with Crippen LogP contribution >= 0.6 is 15.9 Å². The van der Waals surface area contributed by atoms with E-state index in [1.165, 1.54) is 12.8 Å². The van der Waals surface area contributed by atoms with Gasteiger partial charge in [-0.2, -0.15) is 4.98 Å². The van der Waals surface area contributed by atoms with Crippen LogP contribution in [0.4, 0.5) is 11.8 Å². The summed E-state index contributed by atoms with van der Waals surface area (Å²) in [5, 5.41) is 0. The van der Waals surface area contributed by atoms with Crippen LogP contribution in [0.1, 0.15) is 26.7 Å². The molecule has 0 atom stereocenters. The van der Waals surface area contributed by atoms with Gasteiger partial charge >= 0.3 is 0 Å². The quantitative estimate of drug-likeness (QED) is 0.863. The van der Waals surface area contributed by atoms with Gasteiger partial charge in [0.2, 0.25) is 5.95 Å². The van der Waals surface area contributed by atoms with E-state index in [1.807, 2.05) is 0 Å². The summed E-state index contributed by atoms with van der Waals surface area (Å²) in [6, 6.07) is 2.12. The van der Waals surface area contributed by atoms with Crippen LogP contribution in [-0.4, -0.2) is 22.6 Å². The Morgan fingerprint density at radius 3 is 2.69 bits per heavy atom. The molecule has 0 saturated heterocycles. The molecule has 0 aliphatic heterocycles. The highest BCUT2D eigenvalue weighted by Gasteiger charge is 2.27. The number of hydrogen-bond donors (Lipinski definition) is 1. The second-order valence-electron chi connectivity index (χ2n) is 4.61. The normalized spacial score (nSPS) is 15.5. The van der Waals surface area contributed by atoms with E-state index in [0.29, 0.717) is 11.9 Å². The van der Waals surface area contributed by atoms with Gasteiger partial charge in [0.15, 0.2) is 0 Å². The smallest absolute Gasteiger partial charge is 0.228 e. The molecule has 0 radical (unpaired) electrons. The van der Waals surface area contributed by atoms with Crippen LogP contribution in [0.5, 0.6) is 0 Å². The van der Waals surface area contributed by atoms with Crippen molar-refractivity contribution in [1.82, 2.24) is 9.97 Å². The summed E-state index contributed by atoms with van der Waals surface area (Å²) in [7, 11) is 0. The van der Waals surface area contributed by atoms with Crippen molar-refractivity contribution in [3.8, 4) is 0 Å². The van der Waals surface area contributed by atoms with Gasteiger partial charge in [-0.25, -0.2) is 4.98 Å². The highest BCUT2D eigenvalue weighted by molar-refractivity contribution is 9.10. The van der Waals surface area contributed by atoms with E-state index in [9.17, 15) is 0 Å². The molecule has 5 heteroatoms. The Hall–Kier alpha value is -0.840. The molecule has 2 rings (SSSR count). The molecule has 16 heavy (non-hydrogen) atoms. The molecule has 88 valence electrons. The van der Waals surface area contributed by atoms with Crippen molar-refractivity contribution in [3.63, 3.8) is 0 Å². The second-order valence-corrected chi connectivity index (χ2v) is 5.42. The van der Waals surface area contributed by atoms with E-state index < -0.39 is 0 Å². The molecule has 4 nitrogen and oxygen atoms in total. The third kappa shape index (κ3) is 2.84. The number of nitrogen functional groups attached to an aromatic ring is 1. The van der Waals surface area contributed by atoms with Crippen molar-refractivity contribution in [1.29, 1.82) is 0 Å². The van der Waals surface area contributed by atoms with Crippen LogP contribution in [0, 0.1) is 5.92 Å². The number of anilines is 2. The Kier molecular flexibility index (Phi) is 3.33. The van der Waals surface area contributed by atoms with Crippen LogP contribution < -0.4 is 10.6 Å². The van der Waals surface area contributed by atoms with E-state index >= 15 is 0 Å². The number of rotatable bonds is 4. The van der Waals surface area contributed by atoms with Gasteiger partial charge in [0.25, 0.3) is 0 Å². The molecule has 1 aliphatic carbocycles. The highest BCUT2D eigenvalue weighted by atomic mass is 79.9. The van der Waals surface area contributed by atoms with Crippen molar-refractivity contribution < 1.29 is 0 Å². The minimum atomic E-state index is 0.397. The first-order valence-electron chi connectivity index (χ1n) is 5.63. The molecule has 1 heterocycles. The van der Waals surface area contributed by atoms with E-state index in [2.05, 4.69) is 44.6 Å². The van der Waals surface area contributed by atoms with Crippen molar-refractivity contribution in [2.24, 2.45) is 5.92 Å². The molecule has 0 bridgehead atoms.